The molecule has 0 bridgehead atoms. The van der Waals surface area contributed by atoms with E-state index in [0.29, 0.717) is 11.3 Å². The molecule has 0 fully saturated rings. The highest BCUT2D eigenvalue weighted by Gasteiger charge is 2.16. The molecular formula is C14H22N2O3S. The molecule has 0 unspecified atom stereocenters. The maximum absolute atomic E-state index is 11.7. The van der Waals surface area contributed by atoms with Crippen LogP contribution in [-0.2, 0) is 9.84 Å². The van der Waals surface area contributed by atoms with Crippen LogP contribution in [0.4, 0.5) is 0 Å². The number of hydrogen-bond donors (Lipinski definition) is 2. The fraction of sp³-hybridized carbons (Fsp3) is 0.500. The lowest BCUT2D eigenvalue weighted by atomic mass is 10.1. The first-order valence-corrected chi connectivity index (χ1v) is 8.16. The van der Waals surface area contributed by atoms with E-state index < -0.39 is 15.1 Å². The number of aryl methyl sites for hydroxylation is 2. The fourth-order valence-electron chi connectivity index (χ4n) is 1.83. The van der Waals surface area contributed by atoms with E-state index >= 15 is 0 Å². The summed E-state index contributed by atoms with van der Waals surface area (Å²) >= 11 is 0. The summed E-state index contributed by atoms with van der Waals surface area (Å²) in [5.74, 6) is 0.664. The molecular weight excluding hydrogens is 276 g/mol. The van der Waals surface area contributed by atoms with Gasteiger partial charge in [0.25, 0.3) is 0 Å². The third kappa shape index (κ3) is 3.96. The van der Waals surface area contributed by atoms with Crippen LogP contribution in [0.1, 0.15) is 30.5 Å². The quantitative estimate of drug-likeness (QED) is 0.618. The Kier molecular flexibility index (Phi) is 5.16. The minimum absolute atomic E-state index is 0.00198. The molecule has 112 valence electrons. The highest BCUT2D eigenvalue weighted by atomic mass is 32.2. The molecule has 0 amide bonds. The lowest BCUT2D eigenvalue weighted by Crippen LogP contribution is -2.22. The summed E-state index contributed by atoms with van der Waals surface area (Å²) in [6, 6.07) is 3.53. The van der Waals surface area contributed by atoms with Crippen molar-refractivity contribution in [2.24, 2.45) is 5.73 Å². The van der Waals surface area contributed by atoms with Gasteiger partial charge >= 0.3 is 0 Å². The number of rotatable bonds is 6. The van der Waals surface area contributed by atoms with Crippen LogP contribution in [0.25, 0.3) is 0 Å². The molecule has 1 aromatic rings. The summed E-state index contributed by atoms with van der Waals surface area (Å²) in [5.41, 5.74) is 7.79. The number of benzene rings is 1. The third-order valence-corrected chi connectivity index (χ3v) is 5.28. The molecule has 0 heterocycles. The second-order valence-electron chi connectivity index (χ2n) is 5.12. The molecule has 0 saturated carbocycles. The molecule has 0 saturated heterocycles. The van der Waals surface area contributed by atoms with Gasteiger partial charge in [-0.2, -0.15) is 0 Å². The minimum Gasteiger partial charge on any atom is -0.492 e. The van der Waals surface area contributed by atoms with Gasteiger partial charge in [0.2, 0.25) is 0 Å². The lowest BCUT2D eigenvalue weighted by Gasteiger charge is -2.14. The minimum atomic E-state index is -3.09. The molecule has 3 N–H and O–H groups in total. The van der Waals surface area contributed by atoms with E-state index in [4.69, 9.17) is 15.9 Å². The molecule has 6 heteroatoms. The molecule has 0 aliphatic rings. The van der Waals surface area contributed by atoms with Crippen molar-refractivity contribution in [3.05, 3.63) is 28.8 Å². The average molecular weight is 298 g/mol. The zero-order chi connectivity index (χ0) is 15.5. The summed E-state index contributed by atoms with van der Waals surface area (Å²) in [4.78, 5) is 0. The maximum Gasteiger partial charge on any atom is 0.155 e. The van der Waals surface area contributed by atoms with E-state index in [1.165, 1.54) is 0 Å². The van der Waals surface area contributed by atoms with Gasteiger partial charge in [0.15, 0.2) is 9.84 Å². The van der Waals surface area contributed by atoms with Crippen molar-refractivity contribution in [1.29, 1.82) is 5.41 Å². The van der Waals surface area contributed by atoms with Crippen LogP contribution in [0.15, 0.2) is 12.1 Å². The van der Waals surface area contributed by atoms with Gasteiger partial charge < -0.3 is 10.5 Å². The van der Waals surface area contributed by atoms with Crippen molar-refractivity contribution in [2.45, 2.75) is 32.9 Å². The zero-order valence-electron chi connectivity index (χ0n) is 12.4. The highest BCUT2D eigenvalue weighted by Crippen LogP contribution is 2.24. The Morgan fingerprint density at radius 3 is 2.20 bits per heavy atom. The van der Waals surface area contributed by atoms with Gasteiger partial charge in [0.05, 0.1) is 11.0 Å². The molecule has 1 rings (SSSR count). The van der Waals surface area contributed by atoms with E-state index in [9.17, 15) is 8.42 Å². The van der Waals surface area contributed by atoms with Gasteiger partial charge in [0.1, 0.15) is 18.2 Å². The summed E-state index contributed by atoms with van der Waals surface area (Å²) < 4.78 is 29.0. The van der Waals surface area contributed by atoms with Crippen LogP contribution in [0.2, 0.25) is 0 Å². The van der Waals surface area contributed by atoms with Crippen LogP contribution in [0.3, 0.4) is 0 Å². The lowest BCUT2D eigenvalue weighted by molar-refractivity contribution is 0.336. The Balaban J connectivity index is 2.82. The van der Waals surface area contributed by atoms with Gasteiger partial charge in [-0.25, -0.2) is 8.42 Å². The summed E-state index contributed by atoms with van der Waals surface area (Å²) in [6.07, 6.45) is 0. The third-order valence-electron chi connectivity index (χ3n) is 3.10. The SMILES string of the molecule is Cc1cc(C(=N)N)cc(C)c1OCCS(=O)(=O)C(C)C. The second-order valence-corrected chi connectivity index (χ2v) is 7.79. The number of hydrogen-bond acceptors (Lipinski definition) is 4. The topological polar surface area (TPSA) is 93.2 Å². The predicted molar refractivity (Wildman–Crippen MR) is 81.3 cm³/mol. The average Bonchev–Trinajstić information content (AvgIpc) is 2.31. The monoisotopic (exact) mass is 298 g/mol. The normalized spacial score (nSPS) is 11.7. The largest absolute Gasteiger partial charge is 0.492 e. The molecule has 0 radical (unpaired) electrons. The van der Waals surface area contributed by atoms with Gasteiger partial charge in [0, 0.05) is 5.56 Å². The molecule has 0 atom stereocenters. The van der Waals surface area contributed by atoms with E-state index in [0.717, 1.165) is 11.1 Å². The Morgan fingerprint density at radius 2 is 1.80 bits per heavy atom. The predicted octanol–water partition coefficient (Wildman–Crippen LogP) is 1.79. The first-order valence-electron chi connectivity index (χ1n) is 6.45. The maximum atomic E-state index is 11.7. The summed E-state index contributed by atoms with van der Waals surface area (Å²) in [5, 5.41) is 7.03. The molecule has 0 aromatic heterocycles. The fourth-order valence-corrected chi connectivity index (χ4v) is 2.62. The number of ether oxygens (including phenoxy) is 1. The number of nitrogens with two attached hydrogens (primary N) is 1. The van der Waals surface area contributed by atoms with Gasteiger partial charge in [-0.3, -0.25) is 5.41 Å². The van der Waals surface area contributed by atoms with E-state index in [1.807, 2.05) is 13.8 Å². The highest BCUT2D eigenvalue weighted by molar-refractivity contribution is 7.91. The van der Waals surface area contributed by atoms with Crippen LogP contribution in [0, 0.1) is 19.3 Å². The van der Waals surface area contributed by atoms with Crippen LogP contribution < -0.4 is 10.5 Å². The first kappa shape index (κ1) is 16.5. The van der Waals surface area contributed by atoms with E-state index in [1.54, 1.807) is 26.0 Å². The van der Waals surface area contributed by atoms with Crippen molar-refractivity contribution < 1.29 is 13.2 Å². The van der Waals surface area contributed by atoms with Crippen LogP contribution >= 0.6 is 0 Å². The second kappa shape index (κ2) is 6.26. The van der Waals surface area contributed by atoms with Crippen molar-refractivity contribution in [3.63, 3.8) is 0 Å². The molecule has 20 heavy (non-hydrogen) atoms. The van der Waals surface area contributed by atoms with Gasteiger partial charge in [-0.05, 0) is 51.0 Å². The number of nitrogens with one attached hydrogen (secondary N) is 1. The van der Waals surface area contributed by atoms with Crippen molar-refractivity contribution in [1.82, 2.24) is 0 Å². The molecule has 5 nitrogen and oxygen atoms in total. The van der Waals surface area contributed by atoms with Gasteiger partial charge in [-0.1, -0.05) is 0 Å². The molecule has 0 aliphatic carbocycles. The number of sulfone groups is 1. The summed E-state index contributed by atoms with van der Waals surface area (Å²) in [7, 11) is -3.09. The molecule has 0 aliphatic heterocycles. The number of nitrogen functional groups attached to an aromatic ring is 1. The zero-order valence-corrected chi connectivity index (χ0v) is 13.2. The van der Waals surface area contributed by atoms with Crippen LogP contribution in [0.5, 0.6) is 5.75 Å². The Labute approximate surface area is 120 Å². The summed E-state index contributed by atoms with van der Waals surface area (Å²) in [6.45, 7) is 7.15. The Bertz CT molecular complexity index is 584. The first-order chi connectivity index (χ1) is 9.15. The van der Waals surface area contributed by atoms with Gasteiger partial charge in [-0.15, -0.1) is 0 Å². The van der Waals surface area contributed by atoms with Crippen LogP contribution in [-0.4, -0.2) is 31.9 Å². The smallest absolute Gasteiger partial charge is 0.155 e. The molecule has 0 spiro atoms. The number of amidine groups is 1. The Morgan fingerprint density at radius 1 is 1.30 bits per heavy atom. The van der Waals surface area contributed by atoms with Crippen molar-refractivity contribution in [3.8, 4) is 5.75 Å². The van der Waals surface area contributed by atoms with E-state index in [2.05, 4.69) is 0 Å². The van der Waals surface area contributed by atoms with Crippen molar-refractivity contribution in [2.75, 3.05) is 12.4 Å². The Hall–Kier alpha value is -1.56. The molecule has 1 aromatic carbocycles. The standard InChI is InChI=1S/C14H22N2O3S/c1-9(2)20(17,18)6-5-19-13-10(3)7-12(14(15)16)8-11(13)4/h7-9H,5-6H2,1-4H3,(H3,15,16). The van der Waals surface area contributed by atoms with E-state index in [-0.39, 0.29) is 18.2 Å². The van der Waals surface area contributed by atoms with Crippen molar-refractivity contribution >= 4 is 15.7 Å².